The smallest absolute Gasteiger partial charge is 0.410 e. The van der Waals surface area contributed by atoms with Gasteiger partial charge in [-0.1, -0.05) is 12.3 Å². The molecule has 0 radical (unpaired) electrons. The Balaban J connectivity index is 2.03. The van der Waals surface area contributed by atoms with Gasteiger partial charge in [0.2, 0.25) is 0 Å². The van der Waals surface area contributed by atoms with Gasteiger partial charge in [0.1, 0.15) is 5.60 Å². The van der Waals surface area contributed by atoms with Crippen LogP contribution in [0.2, 0.25) is 0 Å². The summed E-state index contributed by atoms with van der Waals surface area (Å²) in [6.45, 7) is 8.60. The summed E-state index contributed by atoms with van der Waals surface area (Å²) in [6, 6.07) is 0.792. The van der Waals surface area contributed by atoms with Crippen LogP contribution in [0, 0.1) is 18.3 Å². The normalized spacial score (nSPS) is 30.1. The Morgan fingerprint density at radius 3 is 2.68 bits per heavy atom. The fraction of sp³-hybridized carbons (Fsp3) is 0.833. The number of ether oxygens (including phenoxy) is 1. The molecule has 0 bridgehead atoms. The Bertz CT molecular complexity index is 435. The highest BCUT2D eigenvalue weighted by Gasteiger charge is 2.42. The molecule has 2 aliphatic rings. The summed E-state index contributed by atoms with van der Waals surface area (Å²) in [6.07, 6.45) is 11.0. The van der Waals surface area contributed by atoms with E-state index in [0.717, 1.165) is 25.8 Å². The van der Waals surface area contributed by atoms with Crippen LogP contribution in [0.3, 0.4) is 0 Å². The van der Waals surface area contributed by atoms with E-state index in [1.54, 1.807) is 0 Å². The molecule has 4 unspecified atom stereocenters. The maximum absolute atomic E-state index is 12.5. The number of carbonyl (C=O) groups is 1. The van der Waals surface area contributed by atoms with Crippen LogP contribution in [-0.4, -0.2) is 41.3 Å². The van der Waals surface area contributed by atoms with Crippen molar-refractivity contribution < 1.29 is 9.53 Å². The number of likely N-dealkylation sites (tertiary alicyclic amines) is 1. The first-order valence-corrected chi connectivity index (χ1v) is 8.53. The van der Waals surface area contributed by atoms with E-state index in [1.165, 1.54) is 12.8 Å². The van der Waals surface area contributed by atoms with E-state index in [4.69, 9.17) is 11.2 Å². The molecule has 1 amide bonds. The van der Waals surface area contributed by atoms with E-state index in [9.17, 15) is 4.79 Å². The Kier molecular flexibility index (Phi) is 5.39. The third-order valence-corrected chi connectivity index (χ3v) is 4.70. The number of nitrogens with zero attached hydrogens (tertiary/aromatic N) is 1. The van der Waals surface area contributed by atoms with Crippen molar-refractivity contribution in [2.24, 2.45) is 5.92 Å². The van der Waals surface area contributed by atoms with Crippen LogP contribution in [0.15, 0.2) is 0 Å². The van der Waals surface area contributed by atoms with Crippen LogP contribution in [0.1, 0.15) is 59.8 Å². The van der Waals surface area contributed by atoms with E-state index >= 15 is 0 Å². The minimum atomic E-state index is -0.435. The molecular formula is C18H30N2O2. The molecule has 0 spiro atoms. The molecule has 4 atom stereocenters. The number of terminal acetylenes is 1. The zero-order valence-corrected chi connectivity index (χ0v) is 14.4. The summed E-state index contributed by atoms with van der Waals surface area (Å²) in [4.78, 5) is 14.4. The molecule has 1 heterocycles. The molecule has 2 fully saturated rings. The zero-order valence-electron chi connectivity index (χ0n) is 14.4. The minimum absolute atomic E-state index is 0.0852. The molecule has 1 aliphatic heterocycles. The monoisotopic (exact) mass is 306 g/mol. The van der Waals surface area contributed by atoms with Gasteiger partial charge in [0.25, 0.3) is 0 Å². The molecule has 4 nitrogen and oxygen atoms in total. The van der Waals surface area contributed by atoms with E-state index in [0.29, 0.717) is 18.0 Å². The lowest BCUT2D eigenvalue weighted by Gasteiger charge is -2.35. The lowest BCUT2D eigenvalue weighted by Crippen LogP contribution is -2.49. The van der Waals surface area contributed by atoms with Crippen LogP contribution in [0.5, 0.6) is 0 Å². The second-order valence-electron chi connectivity index (χ2n) is 7.64. The predicted octanol–water partition coefficient (Wildman–Crippen LogP) is 3.17. The Hall–Kier alpha value is -1.21. The number of nitrogens with one attached hydrogen (secondary N) is 1. The molecule has 0 aromatic heterocycles. The van der Waals surface area contributed by atoms with Gasteiger partial charge >= 0.3 is 6.09 Å². The largest absolute Gasteiger partial charge is 0.444 e. The van der Waals surface area contributed by atoms with E-state index in [-0.39, 0.29) is 12.1 Å². The number of rotatable bonds is 3. The van der Waals surface area contributed by atoms with E-state index in [1.807, 2.05) is 32.6 Å². The van der Waals surface area contributed by atoms with E-state index in [2.05, 4.69) is 11.2 Å². The van der Waals surface area contributed by atoms with Crippen molar-refractivity contribution in [3.8, 4) is 12.3 Å². The fourth-order valence-electron chi connectivity index (χ4n) is 3.81. The molecule has 4 heteroatoms. The number of hydrogen-bond donors (Lipinski definition) is 1. The number of hydrogen-bond acceptors (Lipinski definition) is 3. The Morgan fingerprint density at radius 1 is 1.32 bits per heavy atom. The quantitative estimate of drug-likeness (QED) is 0.814. The van der Waals surface area contributed by atoms with Crippen LogP contribution < -0.4 is 5.32 Å². The first kappa shape index (κ1) is 17.1. The summed E-state index contributed by atoms with van der Waals surface area (Å²) >= 11 is 0. The molecule has 124 valence electrons. The first-order valence-electron chi connectivity index (χ1n) is 8.53. The third kappa shape index (κ3) is 4.16. The van der Waals surface area contributed by atoms with Gasteiger partial charge in [-0.2, -0.15) is 0 Å². The second kappa shape index (κ2) is 6.91. The van der Waals surface area contributed by atoms with Gasteiger partial charge in [-0.3, -0.25) is 0 Å². The summed E-state index contributed by atoms with van der Waals surface area (Å²) in [5.41, 5.74) is -0.435. The van der Waals surface area contributed by atoms with Crippen molar-refractivity contribution in [2.75, 3.05) is 6.54 Å². The number of carbonyl (C=O) groups excluding carboxylic acids is 1. The van der Waals surface area contributed by atoms with Crippen LogP contribution in [0.25, 0.3) is 0 Å². The molecule has 1 N–H and O–H groups in total. The van der Waals surface area contributed by atoms with Gasteiger partial charge in [0.15, 0.2) is 0 Å². The Morgan fingerprint density at radius 2 is 2.05 bits per heavy atom. The van der Waals surface area contributed by atoms with Crippen LogP contribution in [-0.2, 0) is 4.74 Å². The van der Waals surface area contributed by atoms with Crippen molar-refractivity contribution in [3.05, 3.63) is 0 Å². The van der Waals surface area contributed by atoms with Crippen molar-refractivity contribution in [1.29, 1.82) is 0 Å². The van der Waals surface area contributed by atoms with Gasteiger partial charge in [-0.25, -0.2) is 4.79 Å². The molecule has 1 aliphatic carbocycles. The third-order valence-electron chi connectivity index (χ3n) is 4.70. The average Bonchev–Trinajstić information content (AvgIpc) is 3.04. The number of amides is 1. The highest BCUT2D eigenvalue weighted by atomic mass is 16.6. The van der Waals surface area contributed by atoms with Crippen LogP contribution in [0.4, 0.5) is 4.79 Å². The topological polar surface area (TPSA) is 41.6 Å². The second-order valence-corrected chi connectivity index (χ2v) is 7.64. The van der Waals surface area contributed by atoms with Gasteiger partial charge in [0, 0.05) is 18.6 Å². The van der Waals surface area contributed by atoms with Crippen molar-refractivity contribution in [2.45, 2.75) is 83.5 Å². The van der Waals surface area contributed by atoms with Crippen molar-refractivity contribution in [3.63, 3.8) is 0 Å². The van der Waals surface area contributed by atoms with Crippen LogP contribution >= 0.6 is 0 Å². The van der Waals surface area contributed by atoms with Gasteiger partial charge in [0.05, 0.1) is 6.04 Å². The summed E-state index contributed by atoms with van der Waals surface area (Å²) in [5, 5.41) is 3.55. The molecular weight excluding hydrogens is 276 g/mol. The average molecular weight is 306 g/mol. The van der Waals surface area contributed by atoms with Gasteiger partial charge in [-0.05, 0) is 59.3 Å². The first-order chi connectivity index (χ1) is 10.3. The maximum Gasteiger partial charge on any atom is 0.410 e. The summed E-state index contributed by atoms with van der Waals surface area (Å²) in [7, 11) is 0. The standard InChI is InChI=1S/C18H30N2O2/c1-6-13(2)19-15-10-7-9-14(15)16-11-8-12-20(16)17(21)22-18(3,4)5/h1,13-16,19H,7-12H2,2-5H3. The van der Waals surface area contributed by atoms with Crippen molar-refractivity contribution >= 4 is 6.09 Å². The highest BCUT2D eigenvalue weighted by molar-refractivity contribution is 5.69. The SMILES string of the molecule is C#CC(C)NC1CCCC1C1CCCN1C(=O)OC(C)(C)C. The molecule has 0 aromatic carbocycles. The van der Waals surface area contributed by atoms with E-state index < -0.39 is 5.60 Å². The lowest BCUT2D eigenvalue weighted by atomic mass is 9.92. The summed E-state index contributed by atoms with van der Waals surface area (Å²) < 4.78 is 5.58. The lowest BCUT2D eigenvalue weighted by molar-refractivity contribution is 0.0166. The highest BCUT2D eigenvalue weighted by Crippen LogP contribution is 2.36. The molecule has 1 saturated heterocycles. The van der Waals surface area contributed by atoms with Gasteiger partial charge < -0.3 is 15.0 Å². The van der Waals surface area contributed by atoms with Gasteiger partial charge in [-0.15, -0.1) is 6.42 Å². The van der Waals surface area contributed by atoms with Crippen molar-refractivity contribution in [1.82, 2.24) is 10.2 Å². The Labute approximate surface area is 135 Å². The molecule has 0 aromatic rings. The maximum atomic E-state index is 12.5. The fourth-order valence-corrected chi connectivity index (χ4v) is 3.81. The predicted molar refractivity (Wildman–Crippen MR) is 88.5 cm³/mol. The minimum Gasteiger partial charge on any atom is -0.444 e. The zero-order chi connectivity index (χ0) is 16.3. The molecule has 22 heavy (non-hydrogen) atoms. The summed E-state index contributed by atoms with van der Waals surface area (Å²) in [5.74, 6) is 3.24. The molecule has 1 saturated carbocycles. The molecule has 2 rings (SSSR count).